The number of benzene rings is 1. The smallest absolute Gasteiger partial charge is 0.222 e. The van der Waals surface area contributed by atoms with Crippen LogP contribution < -0.4 is 5.32 Å². The Bertz CT molecular complexity index is 1140. The molecule has 0 saturated carbocycles. The summed E-state index contributed by atoms with van der Waals surface area (Å²) >= 11 is 0. The second-order valence-corrected chi connectivity index (χ2v) is 7.40. The molecule has 1 fully saturated rings. The van der Waals surface area contributed by atoms with Crippen LogP contribution in [0, 0.1) is 13.8 Å². The van der Waals surface area contributed by atoms with Crippen molar-refractivity contribution in [3.8, 4) is 17.1 Å². The lowest BCUT2D eigenvalue weighted by Gasteiger charge is -2.14. The van der Waals surface area contributed by atoms with Crippen molar-refractivity contribution in [1.29, 1.82) is 0 Å². The number of hydrogen-bond acceptors (Lipinski definition) is 6. The quantitative estimate of drug-likeness (QED) is 0.543. The van der Waals surface area contributed by atoms with Gasteiger partial charge in [-0.05, 0) is 43.9 Å². The summed E-state index contributed by atoms with van der Waals surface area (Å²) in [5.74, 6) is 1.39. The molecule has 2 N–H and O–H groups in total. The maximum absolute atomic E-state index is 5.63. The third-order valence-corrected chi connectivity index (χ3v) is 5.50. The lowest BCUT2D eigenvalue weighted by Crippen LogP contribution is -2.19. The van der Waals surface area contributed by atoms with Crippen molar-refractivity contribution in [1.82, 2.24) is 29.5 Å². The Balaban J connectivity index is 1.47. The first-order valence-corrected chi connectivity index (χ1v) is 9.85. The molecule has 1 atom stereocenters. The Kier molecular flexibility index (Phi) is 4.48. The van der Waals surface area contributed by atoms with Gasteiger partial charge in [0.15, 0.2) is 0 Å². The van der Waals surface area contributed by atoms with E-state index in [-0.39, 0.29) is 6.10 Å². The molecular formula is C21H23N7O. The summed E-state index contributed by atoms with van der Waals surface area (Å²) in [6.45, 7) is 5.79. The van der Waals surface area contributed by atoms with Gasteiger partial charge < -0.3 is 15.0 Å². The average molecular weight is 389 g/mol. The molecule has 4 heterocycles. The Morgan fingerprint density at radius 2 is 2.07 bits per heavy atom. The van der Waals surface area contributed by atoms with Crippen molar-refractivity contribution in [3.63, 3.8) is 0 Å². The van der Waals surface area contributed by atoms with Gasteiger partial charge in [-0.25, -0.2) is 19.9 Å². The van der Waals surface area contributed by atoms with Gasteiger partial charge in [0.05, 0.1) is 29.2 Å². The van der Waals surface area contributed by atoms with E-state index in [2.05, 4.69) is 54.7 Å². The number of imidazole rings is 2. The molecule has 8 heteroatoms. The van der Waals surface area contributed by atoms with Crippen molar-refractivity contribution in [2.45, 2.75) is 32.8 Å². The predicted octanol–water partition coefficient (Wildman–Crippen LogP) is 3.41. The van der Waals surface area contributed by atoms with E-state index in [9.17, 15) is 0 Å². The Morgan fingerprint density at radius 3 is 2.86 bits per heavy atom. The van der Waals surface area contributed by atoms with Crippen molar-refractivity contribution >= 4 is 17.0 Å². The SMILES string of the molecule is Cc1cc2[nH]cnc2c(-n2ccnc2-c2cnc(NCC3CCCO3)nc2)c1C. The van der Waals surface area contributed by atoms with Crippen molar-refractivity contribution in [2.24, 2.45) is 0 Å². The molecule has 1 unspecified atom stereocenters. The molecule has 0 spiro atoms. The monoisotopic (exact) mass is 389 g/mol. The number of anilines is 1. The fourth-order valence-electron chi connectivity index (χ4n) is 3.83. The molecule has 4 aromatic rings. The Labute approximate surface area is 168 Å². The third kappa shape index (κ3) is 3.25. The molecular weight excluding hydrogens is 366 g/mol. The van der Waals surface area contributed by atoms with E-state index >= 15 is 0 Å². The summed E-state index contributed by atoms with van der Waals surface area (Å²) in [6, 6.07) is 2.12. The van der Waals surface area contributed by atoms with Gasteiger partial charge in [0.25, 0.3) is 0 Å². The Hall–Kier alpha value is -3.26. The van der Waals surface area contributed by atoms with Gasteiger partial charge in [-0.1, -0.05) is 0 Å². The molecule has 1 aliphatic rings. The average Bonchev–Trinajstić information content (AvgIpc) is 3.49. The number of hydrogen-bond donors (Lipinski definition) is 2. The van der Waals surface area contributed by atoms with E-state index in [1.54, 1.807) is 24.9 Å². The second kappa shape index (κ2) is 7.29. The highest BCUT2D eigenvalue weighted by Crippen LogP contribution is 2.30. The van der Waals surface area contributed by atoms with Crippen molar-refractivity contribution in [2.75, 3.05) is 18.5 Å². The van der Waals surface area contributed by atoms with Gasteiger partial charge in [-0.2, -0.15) is 0 Å². The van der Waals surface area contributed by atoms with Gasteiger partial charge in [0.1, 0.15) is 11.3 Å². The second-order valence-electron chi connectivity index (χ2n) is 7.40. The van der Waals surface area contributed by atoms with E-state index in [0.29, 0.717) is 5.95 Å². The summed E-state index contributed by atoms with van der Waals surface area (Å²) in [5, 5.41) is 3.25. The number of H-pyrrole nitrogens is 1. The molecule has 0 radical (unpaired) electrons. The predicted molar refractivity (Wildman–Crippen MR) is 111 cm³/mol. The highest BCUT2D eigenvalue weighted by molar-refractivity contribution is 5.87. The molecule has 1 aliphatic heterocycles. The molecule has 1 saturated heterocycles. The lowest BCUT2D eigenvalue weighted by molar-refractivity contribution is 0.120. The fraction of sp³-hybridized carbons (Fsp3) is 0.333. The Morgan fingerprint density at radius 1 is 1.21 bits per heavy atom. The van der Waals surface area contributed by atoms with Gasteiger partial charge in [0, 0.05) is 37.9 Å². The summed E-state index contributed by atoms with van der Waals surface area (Å²) in [4.78, 5) is 21.2. The number of aryl methyl sites for hydroxylation is 1. The topological polar surface area (TPSA) is 93.5 Å². The zero-order valence-corrected chi connectivity index (χ0v) is 16.5. The molecule has 0 bridgehead atoms. The summed E-state index contributed by atoms with van der Waals surface area (Å²) in [6.07, 6.45) is 11.5. The van der Waals surface area contributed by atoms with Crippen LogP contribution in [0.4, 0.5) is 5.95 Å². The maximum Gasteiger partial charge on any atom is 0.222 e. The highest BCUT2D eigenvalue weighted by Gasteiger charge is 2.18. The standard InChI is InChI=1S/C21H23N7O/c1-13-8-17-18(27-12-26-17)19(14(13)2)28-6-5-22-20(28)15-9-23-21(24-10-15)25-11-16-4-3-7-29-16/h5-6,8-10,12,16H,3-4,7,11H2,1-2H3,(H,26,27)(H,23,24,25). The molecule has 0 aliphatic carbocycles. The van der Waals surface area contributed by atoms with Gasteiger partial charge in [0.2, 0.25) is 5.95 Å². The van der Waals surface area contributed by atoms with E-state index in [0.717, 1.165) is 54.1 Å². The number of ether oxygens (including phenoxy) is 1. The zero-order valence-electron chi connectivity index (χ0n) is 16.5. The van der Waals surface area contributed by atoms with E-state index in [1.807, 2.05) is 6.20 Å². The number of rotatable bonds is 5. The lowest BCUT2D eigenvalue weighted by atomic mass is 10.1. The molecule has 1 aromatic carbocycles. The normalized spacial score (nSPS) is 16.6. The molecule has 5 rings (SSSR count). The van der Waals surface area contributed by atoms with Gasteiger partial charge >= 0.3 is 0 Å². The minimum Gasteiger partial charge on any atom is -0.376 e. The van der Waals surface area contributed by atoms with E-state index < -0.39 is 0 Å². The van der Waals surface area contributed by atoms with Crippen LogP contribution in [0.3, 0.4) is 0 Å². The van der Waals surface area contributed by atoms with Crippen LogP contribution in [0.15, 0.2) is 37.2 Å². The van der Waals surface area contributed by atoms with Crippen LogP contribution in [-0.2, 0) is 4.74 Å². The first-order valence-electron chi connectivity index (χ1n) is 9.85. The van der Waals surface area contributed by atoms with Crippen LogP contribution in [-0.4, -0.2) is 48.7 Å². The molecule has 3 aromatic heterocycles. The van der Waals surface area contributed by atoms with Gasteiger partial charge in [-0.3, -0.25) is 4.57 Å². The number of aromatic nitrogens is 6. The van der Waals surface area contributed by atoms with Crippen LogP contribution in [0.5, 0.6) is 0 Å². The fourth-order valence-corrected chi connectivity index (χ4v) is 3.83. The summed E-state index contributed by atoms with van der Waals surface area (Å²) < 4.78 is 7.69. The molecule has 0 amide bonds. The molecule has 8 nitrogen and oxygen atoms in total. The number of nitrogens with one attached hydrogen (secondary N) is 2. The maximum atomic E-state index is 5.63. The third-order valence-electron chi connectivity index (χ3n) is 5.50. The molecule has 148 valence electrons. The first-order chi connectivity index (χ1) is 14.2. The minimum atomic E-state index is 0.248. The number of fused-ring (bicyclic) bond motifs is 1. The minimum absolute atomic E-state index is 0.248. The van der Waals surface area contributed by atoms with E-state index in [1.165, 1.54) is 11.1 Å². The highest BCUT2D eigenvalue weighted by atomic mass is 16.5. The summed E-state index contributed by atoms with van der Waals surface area (Å²) in [5.41, 5.74) is 6.16. The van der Waals surface area contributed by atoms with Crippen molar-refractivity contribution < 1.29 is 4.74 Å². The van der Waals surface area contributed by atoms with E-state index in [4.69, 9.17) is 4.74 Å². The van der Waals surface area contributed by atoms with Crippen LogP contribution in [0.1, 0.15) is 24.0 Å². The zero-order chi connectivity index (χ0) is 19.8. The first kappa shape index (κ1) is 17.8. The van der Waals surface area contributed by atoms with Crippen molar-refractivity contribution in [3.05, 3.63) is 48.3 Å². The van der Waals surface area contributed by atoms with Gasteiger partial charge in [-0.15, -0.1) is 0 Å². The van der Waals surface area contributed by atoms with Crippen LogP contribution in [0.2, 0.25) is 0 Å². The van der Waals surface area contributed by atoms with Crippen LogP contribution in [0.25, 0.3) is 28.1 Å². The largest absolute Gasteiger partial charge is 0.376 e. The molecule has 29 heavy (non-hydrogen) atoms. The number of aromatic amines is 1. The number of nitrogens with zero attached hydrogens (tertiary/aromatic N) is 5. The summed E-state index contributed by atoms with van der Waals surface area (Å²) in [7, 11) is 0. The van der Waals surface area contributed by atoms with Crippen LogP contribution >= 0.6 is 0 Å².